The molecular formula is C17H27ClN4O2. The van der Waals surface area contributed by atoms with Crippen LogP contribution in [-0.4, -0.2) is 53.9 Å². The minimum atomic E-state index is -0.0289. The van der Waals surface area contributed by atoms with Gasteiger partial charge in [-0.3, -0.25) is 9.59 Å². The monoisotopic (exact) mass is 354 g/mol. The SMILES string of the molecule is Cc1c[nH]cc1C(=O)N1CCCC(CNC(=O)C2CCCN2)C1.Cl. The van der Waals surface area contributed by atoms with Crippen molar-refractivity contribution in [3.8, 4) is 0 Å². The predicted octanol–water partition coefficient (Wildman–Crippen LogP) is 1.47. The molecule has 0 saturated carbocycles. The Morgan fingerprint density at radius 2 is 2.12 bits per heavy atom. The molecule has 2 aliphatic rings. The third-order valence-electron chi connectivity index (χ3n) is 4.93. The highest BCUT2D eigenvalue weighted by Crippen LogP contribution is 2.19. The third kappa shape index (κ3) is 4.30. The van der Waals surface area contributed by atoms with Crippen LogP contribution in [0.15, 0.2) is 12.4 Å². The summed E-state index contributed by atoms with van der Waals surface area (Å²) >= 11 is 0. The van der Waals surface area contributed by atoms with Crippen LogP contribution in [0.3, 0.4) is 0 Å². The zero-order chi connectivity index (χ0) is 16.2. The first-order valence-corrected chi connectivity index (χ1v) is 8.59. The summed E-state index contributed by atoms with van der Waals surface area (Å²) in [5.74, 6) is 0.543. The Balaban J connectivity index is 0.00000208. The Kier molecular flexibility index (Phi) is 6.69. The van der Waals surface area contributed by atoms with Gasteiger partial charge < -0.3 is 20.5 Å². The molecule has 6 nitrogen and oxygen atoms in total. The van der Waals surface area contributed by atoms with Crippen molar-refractivity contribution < 1.29 is 9.59 Å². The summed E-state index contributed by atoms with van der Waals surface area (Å²) in [6.45, 7) is 5.06. The molecule has 3 rings (SSSR count). The number of halogens is 1. The molecule has 0 aliphatic carbocycles. The Bertz CT molecular complexity index is 569. The van der Waals surface area contributed by atoms with Crippen LogP contribution >= 0.6 is 12.4 Å². The van der Waals surface area contributed by atoms with Gasteiger partial charge in [0.25, 0.3) is 5.91 Å². The zero-order valence-corrected chi connectivity index (χ0v) is 15.0. The fraction of sp³-hybridized carbons (Fsp3) is 0.647. The number of likely N-dealkylation sites (tertiary alicyclic amines) is 1. The van der Waals surface area contributed by atoms with E-state index in [0.717, 1.165) is 56.4 Å². The average Bonchev–Trinajstić information content (AvgIpc) is 3.23. The van der Waals surface area contributed by atoms with E-state index in [1.165, 1.54) is 0 Å². The Morgan fingerprint density at radius 1 is 1.29 bits per heavy atom. The lowest BCUT2D eigenvalue weighted by atomic mass is 9.97. The summed E-state index contributed by atoms with van der Waals surface area (Å²) in [5, 5.41) is 6.27. The Labute approximate surface area is 149 Å². The quantitative estimate of drug-likeness (QED) is 0.766. The van der Waals surface area contributed by atoms with Gasteiger partial charge >= 0.3 is 0 Å². The summed E-state index contributed by atoms with van der Waals surface area (Å²) in [6.07, 6.45) is 7.68. The maximum absolute atomic E-state index is 12.6. The molecule has 24 heavy (non-hydrogen) atoms. The summed E-state index contributed by atoms with van der Waals surface area (Å²) in [7, 11) is 0. The number of carbonyl (C=O) groups excluding carboxylic acids is 2. The van der Waals surface area contributed by atoms with Gasteiger partial charge in [-0.25, -0.2) is 0 Å². The van der Waals surface area contributed by atoms with E-state index < -0.39 is 0 Å². The van der Waals surface area contributed by atoms with Crippen LogP contribution in [0.25, 0.3) is 0 Å². The van der Waals surface area contributed by atoms with Gasteiger partial charge in [0.05, 0.1) is 11.6 Å². The number of rotatable bonds is 4. The van der Waals surface area contributed by atoms with Crippen molar-refractivity contribution in [1.82, 2.24) is 20.5 Å². The van der Waals surface area contributed by atoms with E-state index in [1.54, 1.807) is 6.20 Å². The first-order valence-electron chi connectivity index (χ1n) is 8.59. The topological polar surface area (TPSA) is 77.2 Å². The highest BCUT2D eigenvalue weighted by molar-refractivity contribution is 5.95. The molecule has 0 spiro atoms. The molecule has 7 heteroatoms. The van der Waals surface area contributed by atoms with Crippen molar-refractivity contribution in [3.05, 3.63) is 23.5 Å². The molecule has 1 aromatic rings. The van der Waals surface area contributed by atoms with Crippen molar-refractivity contribution >= 4 is 24.2 Å². The molecule has 2 unspecified atom stereocenters. The summed E-state index contributed by atoms with van der Waals surface area (Å²) in [5.41, 5.74) is 1.74. The third-order valence-corrected chi connectivity index (χ3v) is 4.93. The molecule has 3 N–H and O–H groups in total. The fourth-order valence-corrected chi connectivity index (χ4v) is 3.53. The van der Waals surface area contributed by atoms with Gasteiger partial charge in [0.15, 0.2) is 0 Å². The van der Waals surface area contributed by atoms with Crippen molar-refractivity contribution in [2.45, 2.75) is 38.6 Å². The van der Waals surface area contributed by atoms with Crippen LogP contribution in [-0.2, 0) is 4.79 Å². The van der Waals surface area contributed by atoms with E-state index in [1.807, 2.05) is 18.0 Å². The largest absolute Gasteiger partial charge is 0.367 e. The second-order valence-electron chi connectivity index (χ2n) is 6.71. The van der Waals surface area contributed by atoms with E-state index in [4.69, 9.17) is 0 Å². The molecule has 134 valence electrons. The molecule has 0 aromatic carbocycles. The summed E-state index contributed by atoms with van der Waals surface area (Å²) < 4.78 is 0. The molecular weight excluding hydrogens is 328 g/mol. The average molecular weight is 355 g/mol. The number of nitrogens with zero attached hydrogens (tertiary/aromatic N) is 1. The first kappa shape index (κ1) is 18.8. The van der Waals surface area contributed by atoms with Crippen molar-refractivity contribution in [2.75, 3.05) is 26.2 Å². The van der Waals surface area contributed by atoms with Crippen LogP contribution in [0.2, 0.25) is 0 Å². The molecule has 1 aromatic heterocycles. The maximum atomic E-state index is 12.6. The van der Waals surface area contributed by atoms with Gasteiger partial charge in [-0.1, -0.05) is 0 Å². The molecule has 2 aliphatic heterocycles. The Morgan fingerprint density at radius 3 is 2.79 bits per heavy atom. The number of hydrogen-bond acceptors (Lipinski definition) is 3. The number of hydrogen-bond donors (Lipinski definition) is 3. The lowest BCUT2D eigenvalue weighted by Crippen LogP contribution is -2.46. The molecule has 2 atom stereocenters. The summed E-state index contributed by atoms with van der Waals surface area (Å²) in [6, 6.07) is -0.0289. The van der Waals surface area contributed by atoms with Gasteiger partial charge in [-0.15, -0.1) is 12.4 Å². The van der Waals surface area contributed by atoms with Gasteiger partial charge in [0.2, 0.25) is 5.91 Å². The van der Waals surface area contributed by atoms with Crippen molar-refractivity contribution in [3.63, 3.8) is 0 Å². The molecule has 0 bridgehead atoms. The van der Waals surface area contributed by atoms with E-state index in [-0.39, 0.29) is 30.3 Å². The van der Waals surface area contributed by atoms with E-state index in [2.05, 4.69) is 15.6 Å². The van der Waals surface area contributed by atoms with E-state index >= 15 is 0 Å². The number of aryl methyl sites for hydroxylation is 1. The van der Waals surface area contributed by atoms with Crippen LogP contribution in [0, 0.1) is 12.8 Å². The van der Waals surface area contributed by atoms with Crippen LogP contribution in [0.1, 0.15) is 41.6 Å². The lowest BCUT2D eigenvalue weighted by Gasteiger charge is -2.33. The van der Waals surface area contributed by atoms with E-state index in [0.29, 0.717) is 12.5 Å². The number of nitrogens with one attached hydrogen (secondary N) is 3. The fourth-order valence-electron chi connectivity index (χ4n) is 3.53. The lowest BCUT2D eigenvalue weighted by molar-refractivity contribution is -0.123. The molecule has 2 saturated heterocycles. The van der Waals surface area contributed by atoms with E-state index in [9.17, 15) is 9.59 Å². The predicted molar refractivity (Wildman–Crippen MR) is 95.4 cm³/mol. The van der Waals surface area contributed by atoms with Crippen LogP contribution in [0.5, 0.6) is 0 Å². The summed E-state index contributed by atoms with van der Waals surface area (Å²) in [4.78, 5) is 29.6. The standard InChI is InChI=1S/C17H26N4O2.ClH/c1-12-8-18-10-14(12)17(23)21-7-3-4-13(11-21)9-20-16(22)15-5-2-6-19-15;/h8,10,13,15,18-19H,2-7,9,11H2,1H3,(H,20,22);1H. The first-order chi connectivity index (χ1) is 11.1. The number of amides is 2. The molecule has 3 heterocycles. The number of H-pyrrole nitrogens is 1. The van der Waals surface area contributed by atoms with Gasteiger partial charge in [0, 0.05) is 32.0 Å². The minimum absolute atomic E-state index is 0. The van der Waals surface area contributed by atoms with Gasteiger partial charge in [0.1, 0.15) is 0 Å². The van der Waals surface area contributed by atoms with Crippen LogP contribution < -0.4 is 10.6 Å². The smallest absolute Gasteiger partial charge is 0.255 e. The minimum Gasteiger partial charge on any atom is -0.367 e. The Hall–Kier alpha value is -1.53. The zero-order valence-electron chi connectivity index (χ0n) is 14.1. The number of aromatic nitrogens is 1. The molecule has 0 radical (unpaired) electrons. The maximum Gasteiger partial charge on any atom is 0.255 e. The van der Waals surface area contributed by atoms with Gasteiger partial charge in [-0.05, 0) is 50.6 Å². The highest BCUT2D eigenvalue weighted by Gasteiger charge is 2.27. The normalized spacial score (nSPS) is 23.6. The number of carbonyl (C=O) groups is 2. The second kappa shape index (κ2) is 8.53. The molecule has 2 fully saturated rings. The number of aromatic amines is 1. The van der Waals surface area contributed by atoms with Crippen molar-refractivity contribution in [2.24, 2.45) is 5.92 Å². The molecule has 2 amide bonds. The highest BCUT2D eigenvalue weighted by atomic mass is 35.5. The van der Waals surface area contributed by atoms with Crippen LogP contribution in [0.4, 0.5) is 0 Å². The van der Waals surface area contributed by atoms with Gasteiger partial charge in [-0.2, -0.15) is 0 Å². The second-order valence-corrected chi connectivity index (χ2v) is 6.71. The van der Waals surface area contributed by atoms with Crippen molar-refractivity contribution in [1.29, 1.82) is 0 Å². The number of piperidine rings is 1.